The van der Waals surface area contributed by atoms with Gasteiger partial charge in [-0.1, -0.05) is 37.8 Å². The van der Waals surface area contributed by atoms with Crippen LogP contribution in [0.1, 0.15) is 44.2 Å². The number of thiazole rings is 1. The largest absolute Gasteiger partial charge is 0.347 e. The SMILES string of the molecule is O=C(NCCc1csc2nc(-c3ccccc3F)nn12)C(=O)NC1CCCCCC1. The molecule has 1 aliphatic rings. The van der Waals surface area contributed by atoms with Gasteiger partial charge in [0, 0.05) is 24.4 Å². The van der Waals surface area contributed by atoms with Crippen molar-refractivity contribution < 1.29 is 14.0 Å². The van der Waals surface area contributed by atoms with E-state index in [0.29, 0.717) is 29.3 Å². The monoisotopic (exact) mass is 429 g/mol. The van der Waals surface area contributed by atoms with Crippen LogP contribution >= 0.6 is 11.3 Å². The molecule has 0 bridgehead atoms. The summed E-state index contributed by atoms with van der Waals surface area (Å²) in [6.45, 7) is 0.303. The molecule has 0 atom stereocenters. The predicted octanol–water partition coefficient (Wildman–Crippen LogP) is 3.09. The Morgan fingerprint density at radius 3 is 2.67 bits per heavy atom. The molecular formula is C21H24FN5O2S. The highest BCUT2D eigenvalue weighted by atomic mass is 32.1. The maximum Gasteiger partial charge on any atom is 0.309 e. The fraction of sp³-hybridized carbons (Fsp3) is 0.429. The lowest BCUT2D eigenvalue weighted by Gasteiger charge is -2.15. The second kappa shape index (κ2) is 9.34. The van der Waals surface area contributed by atoms with Crippen LogP contribution in [0.15, 0.2) is 29.6 Å². The van der Waals surface area contributed by atoms with Crippen molar-refractivity contribution in [2.75, 3.05) is 6.54 Å². The van der Waals surface area contributed by atoms with Gasteiger partial charge in [-0.25, -0.2) is 8.91 Å². The molecule has 2 aromatic heterocycles. The Morgan fingerprint density at radius 2 is 1.90 bits per heavy atom. The molecule has 9 heteroatoms. The maximum absolute atomic E-state index is 14.0. The smallest absolute Gasteiger partial charge is 0.309 e. The Bertz CT molecular complexity index is 1040. The fourth-order valence-electron chi connectivity index (χ4n) is 3.71. The van der Waals surface area contributed by atoms with Crippen LogP contribution in [0.5, 0.6) is 0 Å². The number of rotatable bonds is 5. The molecule has 7 nitrogen and oxygen atoms in total. The van der Waals surface area contributed by atoms with Crippen LogP contribution < -0.4 is 10.6 Å². The normalized spacial score (nSPS) is 15.1. The van der Waals surface area contributed by atoms with Crippen molar-refractivity contribution in [2.24, 2.45) is 0 Å². The Kier molecular flexibility index (Phi) is 6.37. The molecule has 0 radical (unpaired) electrons. The first-order chi connectivity index (χ1) is 14.6. The van der Waals surface area contributed by atoms with Gasteiger partial charge in [-0.05, 0) is 25.0 Å². The zero-order chi connectivity index (χ0) is 20.9. The van der Waals surface area contributed by atoms with Gasteiger partial charge in [0.05, 0.1) is 11.3 Å². The second-order valence-corrected chi connectivity index (χ2v) is 8.34. The van der Waals surface area contributed by atoms with Crippen LogP contribution in [0.2, 0.25) is 0 Å². The summed E-state index contributed by atoms with van der Waals surface area (Å²) in [7, 11) is 0. The molecule has 2 N–H and O–H groups in total. The lowest BCUT2D eigenvalue weighted by Crippen LogP contribution is -2.45. The molecule has 0 aliphatic heterocycles. The van der Waals surface area contributed by atoms with Crippen LogP contribution in [-0.2, 0) is 16.0 Å². The van der Waals surface area contributed by atoms with Crippen LogP contribution in [0, 0.1) is 5.82 Å². The Labute approximate surface area is 177 Å². The van der Waals surface area contributed by atoms with Crippen LogP contribution in [0.25, 0.3) is 16.3 Å². The van der Waals surface area contributed by atoms with E-state index in [-0.39, 0.29) is 11.9 Å². The molecule has 0 unspecified atom stereocenters. The van der Waals surface area contributed by atoms with Gasteiger partial charge >= 0.3 is 11.8 Å². The standard InChI is InChI=1S/C21H24FN5O2S/c22-17-10-6-5-9-16(17)18-25-21-27(26-18)15(13-30-21)11-12-23-19(28)20(29)24-14-7-3-1-2-4-8-14/h5-6,9-10,13-14H,1-4,7-8,11-12H2,(H,23,28)(H,24,29). The highest BCUT2D eigenvalue weighted by molar-refractivity contribution is 7.15. The van der Waals surface area contributed by atoms with E-state index in [9.17, 15) is 14.0 Å². The molecule has 4 rings (SSSR count). The molecule has 1 aromatic carbocycles. The first kappa shape index (κ1) is 20.5. The number of amides is 2. The minimum absolute atomic E-state index is 0.0919. The van der Waals surface area contributed by atoms with Gasteiger partial charge in [-0.15, -0.1) is 16.4 Å². The van der Waals surface area contributed by atoms with Gasteiger partial charge in [0.15, 0.2) is 5.82 Å². The summed E-state index contributed by atoms with van der Waals surface area (Å²) in [4.78, 5) is 29.3. The van der Waals surface area contributed by atoms with Crippen molar-refractivity contribution in [3.63, 3.8) is 0 Å². The maximum atomic E-state index is 14.0. The minimum Gasteiger partial charge on any atom is -0.347 e. The molecule has 1 fully saturated rings. The first-order valence-electron chi connectivity index (χ1n) is 10.3. The third-order valence-electron chi connectivity index (χ3n) is 5.33. The third-order valence-corrected chi connectivity index (χ3v) is 6.19. The molecule has 0 saturated heterocycles. The number of nitrogens with one attached hydrogen (secondary N) is 2. The van der Waals surface area contributed by atoms with E-state index < -0.39 is 11.8 Å². The summed E-state index contributed by atoms with van der Waals surface area (Å²) in [5.74, 6) is -1.23. The minimum atomic E-state index is -0.614. The second-order valence-electron chi connectivity index (χ2n) is 7.50. The molecule has 2 amide bonds. The van der Waals surface area contributed by atoms with Gasteiger partial charge in [-0.2, -0.15) is 4.98 Å². The van der Waals surface area contributed by atoms with E-state index in [0.717, 1.165) is 31.4 Å². The number of hydrogen-bond acceptors (Lipinski definition) is 5. The van der Waals surface area contributed by atoms with Crippen LogP contribution in [0.4, 0.5) is 4.39 Å². The van der Waals surface area contributed by atoms with Gasteiger partial charge in [0.1, 0.15) is 5.82 Å². The lowest BCUT2D eigenvalue weighted by molar-refractivity contribution is -0.139. The topological polar surface area (TPSA) is 88.4 Å². The average molecular weight is 430 g/mol. The van der Waals surface area contributed by atoms with Gasteiger partial charge in [0.2, 0.25) is 4.96 Å². The van der Waals surface area contributed by atoms with E-state index in [4.69, 9.17) is 0 Å². The number of carbonyl (C=O) groups is 2. The number of nitrogens with zero attached hydrogens (tertiary/aromatic N) is 3. The zero-order valence-electron chi connectivity index (χ0n) is 16.6. The lowest BCUT2D eigenvalue weighted by atomic mass is 10.1. The summed E-state index contributed by atoms with van der Waals surface area (Å²) < 4.78 is 15.7. The number of carbonyl (C=O) groups excluding carboxylic acids is 2. The Balaban J connectivity index is 1.33. The van der Waals surface area contributed by atoms with Gasteiger partial charge < -0.3 is 10.6 Å². The molecule has 2 heterocycles. The van der Waals surface area contributed by atoms with Crippen LogP contribution in [-0.4, -0.2) is 39.0 Å². The van der Waals surface area contributed by atoms with Crippen molar-refractivity contribution in [1.82, 2.24) is 25.2 Å². The van der Waals surface area contributed by atoms with E-state index in [2.05, 4.69) is 20.7 Å². The molecule has 1 aliphatic carbocycles. The zero-order valence-corrected chi connectivity index (χ0v) is 17.4. The highest BCUT2D eigenvalue weighted by Crippen LogP contribution is 2.23. The van der Waals surface area contributed by atoms with E-state index in [1.165, 1.54) is 30.2 Å². The molecule has 30 heavy (non-hydrogen) atoms. The molecule has 0 spiro atoms. The summed E-state index contributed by atoms with van der Waals surface area (Å²) in [6.07, 6.45) is 6.91. The van der Waals surface area contributed by atoms with E-state index in [1.54, 1.807) is 22.7 Å². The van der Waals surface area contributed by atoms with Crippen molar-refractivity contribution >= 4 is 28.1 Å². The number of halogens is 1. The third kappa shape index (κ3) is 4.67. The summed E-state index contributed by atoms with van der Waals surface area (Å²) in [6, 6.07) is 6.47. The number of hydrogen-bond donors (Lipinski definition) is 2. The average Bonchev–Trinajstić information content (AvgIpc) is 3.21. The highest BCUT2D eigenvalue weighted by Gasteiger charge is 2.20. The van der Waals surface area contributed by atoms with Crippen molar-refractivity contribution in [3.05, 3.63) is 41.2 Å². The number of aromatic nitrogens is 3. The van der Waals surface area contributed by atoms with Crippen molar-refractivity contribution in [2.45, 2.75) is 51.0 Å². The van der Waals surface area contributed by atoms with E-state index >= 15 is 0 Å². The quantitative estimate of drug-likeness (QED) is 0.482. The summed E-state index contributed by atoms with van der Waals surface area (Å²) >= 11 is 1.40. The van der Waals surface area contributed by atoms with Crippen molar-refractivity contribution in [1.29, 1.82) is 0 Å². The van der Waals surface area contributed by atoms with Gasteiger partial charge in [0.25, 0.3) is 0 Å². The van der Waals surface area contributed by atoms with Gasteiger partial charge in [-0.3, -0.25) is 9.59 Å². The van der Waals surface area contributed by atoms with E-state index in [1.807, 2.05) is 5.38 Å². The fourth-order valence-corrected chi connectivity index (χ4v) is 4.57. The molecule has 3 aromatic rings. The first-order valence-corrected chi connectivity index (χ1v) is 11.2. The predicted molar refractivity (Wildman–Crippen MR) is 113 cm³/mol. The Hall–Kier alpha value is -2.81. The molecule has 1 saturated carbocycles. The summed E-state index contributed by atoms with van der Waals surface area (Å²) in [5.41, 5.74) is 1.19. The summed E-state index contributed by atoms with van der Waals surface area (Å²) in [5, 5.41) is 11.8. The molecule has 158 valence electrons. The number of benzene rings is 1. The van der Waals surface area contributed by atoms with Crippen molar-refractivity contribution in [3.8, 4) is 11.4 Å². The number of fused-ring (bicyclic) bond motifs is 1. The Morgan fingerprint density at radius 1 is 1.13 bits per heavy atom. The molecular weight excluding hydrogens is 405 g/mol. The van der Waals surface area contributed by atoms with Crippen LogP contribution in [0.3, 0.4) is 0 Å².